The number of nitrogens with one attached hydrogen (secondary N) is 1. The van der Waals surface area contributed by atoms with Crippen LogP contribution in [0.3, 0.4) is 0 Å². The minimum absolute atomic E-state index is 0.116. The summed E-state index contributed by atoms with van der Waals surface area (Å²) in [5.74, 6) is -1.64. The van der Waals surface area contributed by atoms with E-state index in [1.54, 1.807) is 0 Å². The van der Waals surface area contributed by atoms with E-state index in [0.717, 1.165) is 13.3 Å². The summed E-state index contributed by atoms with van der Waals surface area (Å²) < 4.78 is 56.5. The van der Waals surface area contributed by atoms with Crippen molar-refractivity contribution in [2.75, 3.05) is 7.11 Å². The van der Waals surface area contributed by atoms with Crippen molar-refractivity contribution in [1.82, 2.24) is 10.3 Å². The van der Waals surface area contributed by atoms with Gasteiger partial charge in [-0.15, -0.1) is 0 Å². The summed E-state index contributed by atoms with van der Waals surface area (Å²) in [5, 5.41) is 2.56. The Morgan fingerprint density at radius 2 is 1.96 bits per heavy atom. The number of nitrogens with zero attached hydrogens (tertiary/aromatic N) is 1. The van der Waals surface area contributed by atoms with Crippen molar-refractivity contribution in [2.24, 2.45) is 0 Å². The molecule has 0 unspecified atom stereocenters. The number of alkyl halides is 4. The Kier molecular flexibility index (Phi) is 5.10. The van der Waals surface area contributed by atoms with E-state index in [1.807, 2.05) is 0 Å². The van der Waals surface area contributed by atoms with Crippen molar-refractivity contribution in [1.29, 1.82) is 0 Å². The van der Waals surface area contributed by atoms with Crippen LogP contribution in [-0.4, -0.2) is 35.7 Å². The van der Waals surface area contributed by atoms with Gasteiger partial charge in [-0.25, -0.2) is 9.18 Å². The lowest BCUT2D eigenvalue weighted by Gasteiger charge is -2.32. The van der Waals surface area contributed by atoms with E-state index < -0.39 is 35.5 Å². The normalized spacial score (nSPS) is 24.3. The molecule has 5 nitrogen and oxygen atoms in total. The van der Waals surface area contributed by atoms with Gasteiger partial charge in [0, 0.05) is 17.8 Å². The first kappa shape index (κ1) is 18.2. The highest BCUT2D eigenvalue weighted by Crippen LogP contribution is 2.33. The van der Waals surface area contributed by atoms with Gasteiger partial charge in [0.1, 0.15) is 5.69 Å². The van der Waals surface area contributed by atoms with Crippen LogP contribution in [0.2, 0.25) is 0 Å². The third-order valence-corrected chi connectivity index (χ3v) is 3.98. The summed E-state index contributed by atoms with van der Waals surface area (Å²) in [7, 11) is 1.10. The number of halogens is 4. The van der Waals surface area contributed by atoms with Crippen molar-refractivity contribution in [3.05, 3.63) is 29.6 Å². The fraction of sp³-hybridized carbons (Fsp3) is 0.533. The number of esters is 1. The number of methoxy groups -OCH3 is 1. The Morgan fingerprint density at radius 1 is 1.33 bits per heavy atom. The molecule has 9 heteroatoms. The van der Waals surface area contributed by atoms with Gasteiger partial charge in [0.05, 0.1) is 7.11 Å². The zero-order valence-corrected chi connectivity index (χ0v) is 12.8. The molecule has 1 fully saturated rings. The van der Waals surface area contributed by atoms with Crippen LogP contribution in [0.5, 0.6) is 0 Å². The smallest absolute Gasteiger partial charge is 0.433 e. The Hall–Kier alpha value is -2.19. The molecule has 1 aromatic rings. The van der Waals surface area contributed by atoms with Gasteiger partial charge in [-0.1, -0.05) is 0 Å². The molecule has 24 heavy (non-hydrogen) atoms. The maximum atomic E-state index is 14.3. The summed E-state index contributed by atoms with van der Waals surface area (Å²) in [6, 6.07) is 1.40. The Balaban J connectivity index is 1.98. The average molecular weight is 348 g/mol. The Morgan fingerprint density at radius 3 is 2.50 bits per heavy atom. The van der Waals surface area contributed by atoms with E-state index in [4.69, 9.17) is 0 Å². The first-order valence-corrected chi connectivity index (χ1v) is 7.27. The Bertz CT molecular complexity index is 625. The molecule has 1 aliphatic carbocycles. The number of amides is 1. The molecular weight excluding hydrogens is 332 g/mol. The molecule has 0 spiro atoms. The predicted molar refractivity (Wildman–Crippen MR) is 74.8 cm³/mol. The highest BCUT2D eigenvalue weighted by atomic mass is 19.4. The van der Waals surface area contributed by atoms with E-state index in [-0.39, 0.29) is 31.2 Å². The number of carbonyl (C=O) groups is 2. The third-order valence-electron chi connectivity index (χ3n) is 3.98. The highest BCUT2D eigenvalue weighted by Gasteiger charge is 2.43. The first-order valence-electron chi connectivity index (χ1n) is 7.27. The lowest BCUT2D eigenvalue weighted by atomic mass is 9.83. The number of rotatable bonds is 3. The summed E-state index contributed by atoms with van der Waals surface area (Å²) in [4.78, 5) is 26.6. The fourth-order valence-corrected chi connectivity index (χ4v) is 2.60. The minimum atomic E-state index is -4.64. The van der Waals surface area contributed by atoms with Crippen molar-refractivity contribution < 1.29 is 31.9 Å². The molecule has 1 heterocycles. The molecule has 0 aromatic carbocycles. The number of aromatic nitrogens is 1. The number of hydrogen-bond donors (Lipinski definition) is 1. The van der Waals surface area contributed by atoms with E-state index in [0.29, 0.717) is 6.07 Å². The molecule has 0 radical (unpaired) electrons. The SMILES string of the molecule is COC(=O)C1(F)CCC(NC(=O)c2ccnc(C(F)(F)F)c2)CC1. The summed E-state index contributed by atoms with van der Waals surface area (Å²) in [6.45, 7) is 0. The maximum Gasteiger partial charge on any atom is 0.433 e. The molecule has 1 saturated carbocycles. The molecule has 1 N–H and O–H groups in total. The van der Waals surface area contributed by atoms with E-state index in [1.165, 1.54) is 6.07 Å². The van der Waals surface area contributed by atoms with E-state index in [9.17, 15) is 27.2 Å². The summed E-state index contributed by atoms with van der Waals surface area (Å²) in [6.07, 6.45) is -3.59. The van der Waals surface area contributed by atoms with Gasteiger partial charge in [0.15, 0.2) is 0 Å². The first-order chi connectivity index (χ1) is 11.2. The molecule has 2 rings (SSSR count). The molecule has 0 atom stereocenters. The lowest BCUT2D eigenvalue weighted by molar-refractivity contribution is -0.157. The molecule has 1 aliphatic rings. The zero-order valence-electron chi connectivity index (χ0n) is 12.8. The topological polar surface area (TPSA) is 68.3 Å². The van der Waals surface area contributed by atoms with Crippen LogP contribution in [0.4, 0.5) is 17.6 Å². The molecule has 132 valence electrons. The second kappa shape index (κ2) is 6.74. The monoisotopic (exact) mass is 348 g/mol. The van der Waals surface area contributed by atoms with Crippen LogP contribution >= 0.6 is 0 Å². The van der Waals surface area contributed by atoms with Crippen LogP contribution in [-0.2, 0) is 15.7 Å². The van der Waals surface area contributed by atoms with E-state index in [2.05, 4.69) is 15.0 Å². The maximum absolute atomic E-state index is 14.3. The van der Waals surface area contributed by atoms with E-state index >= 15 is 0 Å². The van der Waals surface area contributed by atoms with Gasteiger partial charge in [0.2, 0.25) is 5.67 Å². The summed E-state index contributed by atoms with van der Waals surface area (Å²) in [5.41, 5.74) is -3.41. The fourth-order valence-electron chi connectivity index (χ4n) is 2.60. The van der Waals surface area contributed by atoms with Gasteiger partial charge in [-0.3, -0.25) is 9.78 Å². The second-order valence-corrected chi connectivity index (χ2v) is 5.63. The molecular formula is C15H16F4N2O3. The standard InChI is InChI=1S/C15H16F4N2O3/c1-24-13(23)14(16)5-2-10(3-6-14)21-12(22)9-4-7-20-11(8-9)15(17,18)19/h4,7-8,10H,2-3,5-6H2,1H3,(H,21,22). The number of ether oxygens (including phenoxy) is 1. The number of carbonyl (C=O) groups excluding carboxylic acids is 2. The molecule has 1 amide bonds. The molecule has 0 aliphatic heterocycles. The summed E-state index contributed by atoms with van der Waals surface area (Å²) >= 11 is 0. The second-order valence-electron chi connectivity index (χ2n) is 5.63. The molecule has 1 aromatic heterocycles. The van der Waals surface area contributed by atoms with Gasteiger partial charge >= 0.3 is 12.1 Å². The van der Waals surface area contributed by atoms with Crippen molar-refractivity contribution in [2.45, 2.75) is 43.6 Å². The predicted octanol–water partition coefficient (Wildman–Crippen LogP) is 2.65. The van der Waals surface area contributed by atoms with Gasteiger partial charge in [-0.05, 0) is 37.8 Å². The highest BCUT2D eigenvalue weighted by molar-refractivity contribution is 5.94. The lowest BCUT2D eigenvalue weighted by Crippen LogP contribution is -2.45. The molecule has 0 saturated heterocycles. The number of hydrogen-bond acceptors (Lipinski definition) is 4. The van der Waals surface area contributed by atoms with Crippen LogP contribution in [0, 0.1) is 0 Å². The third kappa shape index (κ3) is 4.01. The quantitative estimate of drug-likeness (QED) is 0.674. The van der Waals surface area contributed by atoms with Crippen LogP contribution in [0.25, 0.3) is 0 Å². The van der Waals surface area contributed by atoms with Gasteiger partial charge < -0.3 is 10.1 Å². The van der Waals surface area contributed by atoms with Crippen molar-refractivity contribution >= 4 is 11.9 Å². The average Bonchev–Trinajstić information content (AvgIpc) is 2.55. The Labute approximate surface area is 135 Å². The van der Waals surface area contributed by atoms with Crippen molar-refractivity contribution in [3.8, 4) is 0 Å². The van der Waals surface area contributed by atoms with Crippen LogP contribution in [0.1, 0.15) is 41.7 Å². The van der Waals surface area contributed by atoms with Gasteiger partial charge in [-0.2, -0.15) is 13.2 Å². The number of pyridine rings is 1. The van der Waals surface area contributed by atoms with Gasteiger partial charge in [0.25, 0.3) is 5.91 Å². The van der Waals surface area contributed by atoms with Crippen LogP contribution < -0.4 is 5.32 Å². The van der Waals surface area contributed by atoms with Crippen LogP contribution in [0.15, 0.2) is 18.3 Å². The molecule has 0 bridgehead atoms. The largest absolute Gasteiger partial charge is 0.467 e. The zero-order chi connectivity index (χ0) is 18.0. The van der Waals surface area contributed by atoms with Crippen molar-refractivity contribution in [3.63, 3.8) is 0 Å². The minimum Gasteiger partial charge on any atom is -0.467 e.